The minimum atomic E-state index is 0.0734. The Kier molecular flexibility index (Phi) is 6.55. The minimum Gasteiger partial charge on any atom is -0.497 e. The SMILES string of the molecule is CCCCCC1(C)CCC(C)(c2nnc(-c3ccc(OC)cc3OC)n2C)CC1. The van der Waals surface area contributed by atoms with Crippen molar-refractivity contribution < 1.29 is 9.47 Å². The second kappa shape index (κ2) is 8.76. The number of methoxy groups -OCH3 is 2. The van der Waals surface area contributed by atoms with Crippen LogP contribution in [0, 0.1) is 5.41 Å². The van der Waals surface area contributed by atoms with Crippen molar-refractivity contribution in [3.05, 3.63) is 24.0 Å². The van der Waals surface area contributed by atoms with Crippen LogP contribution in [0.3, 0.4) is 0 Å². The van der Waals surface area contributed by atoms with Crippen molar-refractivity contribution in [1.82, 2.24) is 14.8 Å². The second-order valence-electron chi connectivity index (χ2n) is 9.30. The summed E-state index contributed by atoms with van der Waals surface area (Å²) in [5, 5.41) is 9.21. The fourth-order valence-electron chi connectivity index (χ4n) is 4.75. The molecule has 1 heterocycles. The van der Waals surface area contributed by atoms with E-state index in [0.29, 0.717) is 5.41 Å². The number of hydrogen-bond acceptors (Lipinski definition) is 4. The van der Waals surface area contributed by atoms with Crippen LogP contribution < -0.4 is 9.47 Å². The number of ether oxygens (including phenoxy) is 2. The van der Waals surface area contributed by atoms with Gasteiger partial charge in [0.1, 0.15) is 17.3 Å². The van der Waals surface area contributed by atoms with Gasteiger partial charge in [-0.2, -0.15) is 0 Å². The van der Waals surface area contributed by atoms with E-state index in [2.05, 4.69) is 42.6 Å². The normalized spacial score (nSPS) is 24.5. The number of benzene rings is 1. The fraction of sp³-hybridized carbons (Fsp3) is 0.667. The standard InChI is InChI=1S/C24H37N3O2/c1-7-8-9-12-23(2)13-15-24(3,16-14-23)22-26-25-21(27(22)4)19-11-10-18(28-5)17-20(19)29-6/h10-11,17H,7-9,12-16H2,1-6H3. The van der Waals surface area contributed by atoms with Crippen LogP contribution in [-0.4, -0.2) is 29.0 Å². The van der Waals surface area contributed by atoms with Gasteiger partial charge in [-0.3, -0.25) is 0 Å². The molecule has 160 valence electrons. The van der Waals surface area contributed by atoms with E-state index in [1.165, 1.54) is 51.4 Å². The molecule has 0 aliphatic heterocycles. The zero-order chi connectivity index (χ0) is 21.1. The molecule has 0 bridgehead atoms. The van der Waals surface area contributed by atoms with E-state index in [1.54, 1.807) is 14.2 Å². The van der Waals surface area contributed by atoms with E-state index < -0.39 is 0 Å². The molecule has 0 spiro atoms. The smallest absolute Gasteiger partial charge is 0.167 e. The number of unbranched alkanes of at least 4 members (excludes halogenated alkanes) is 2. The largest absolute Gasteiger partial charge is 0.497 e. The molecule has 0 atom stereocenters. The Morgan fingerprint density at radius 1 is 1.00 bits per heavy atom. The van der Waals surface area contributed by atoms with E-state index in [9.17, 15) is 0 Å². The van der Waals surface area contributed by atoms with Crippen LogP contribution in [0.2, 0.25) is 0 Å². The summed E-state index contributed by atoms with van der Waals surface area (Å²) in [5.74, 6) is 3.45. The zero-order valence-electron chi connectivity index (χ0n) is 19.0. The molecular formula is C24H37N3O2. The van der Waals surface area contributed by atoms with Gasteiger partial charge in [0.05, 0.1) is 19.8 Å². The summed E-state index contributed by atoms with van der Waals surface area (Å²) in [7, 11) is 5.42. The van der Waals surface area contributed by atoms with Crippen LogP contribution in [0.4, 0.5) is 0 Å². The fourth-order valence-corrected chi connectivity index (χ4v) is 4.75. The van der Waals surface area contributed by atoms with Crippen LogP contribution in [0.5, 0.6) is 11.5 Å². The lowest BCUT2D eigenvalue weighted by Crippen LogP contribution is -2.35. The molecule has 1 saturated carbocycles. The minimum absolute atomic E-state index is 0.0734. The van der Waals surface area contributed by atoms with Crippen LogP contribution in [0.1, 0.15) is 78.0 Å². The van der Waals surface area contributed by atoms with Crippen molar-refractivity contribution in [3.8, 4) is 22.9 Å². The molecule has 5 nitrogen and oxygen atoms in total. The van der Waals surface area contributed by atoms with Crippen LogP contribution in [0.25, 0.3) is 11.4 Å². The van der Waals surface area contributed by atoms with Crippen LogP contribution in [0.15, 0.2) is 18.2 Å². The molecule has 2 aromatic rings. The summed E-state index contributed by atoms with van der Waals surface area (Å²) < 4.78 is 13.1. The van der Waals surface area contributed by atoms with Gasteiger partial charge in [-0.15, -0.1) is 10.2 Å². The number of rotatable bonds is 8. The van der Waals surface area contributed by atoms with E-state index in [-0.39, 0.29) is 5.41 Å². The van der Waals surface area contributed by atoms with Crippen molar-refractivity contribution in [2.45, 2.75) is 77.6 Å². The first-order valence-electron chi connectivity index (χ1n) is 11.0. The Morgan fingerprint density at radius 3 is 2.34 bits per heavy atom. The maximum Gasteiger partial charge on any atom is 0.167 e. The lowest BCUT2D eigenvalue weighted by atomic mass is 9.63. The Morgan fingerprint density at radius 2 is 1.72 bits per heavy atom. The molecule has 1 aromatic carbocycles. The highest BCUT2D eigenvalue weighted by Gasteiger charge is 2.41. The van der Waals surface area contributed by atoms with Crippen molar-refractivity contribution in [2.75, 3.05) is 14.2 Å². The molecule has 0 unspecified atom stereocenters. The van der Waals surface area contributed by atoms with E-state index in [1.807, 2.05) is 18.2 Å². The number of aromatic nitrogens is 3. The topological polar surface area (TPSA) is 49.2 Å². The third-order valence-electron chi connectivity index (χ3n) is 7.01. The quantitative estimate of drug-likeness (QED) is 0.517. The Bertz CT molecular complexity index is 820. The molecule has 29 heavy (non-hydrogen) atoms. The molecule has 0 N–H and O–H groups in total. The van der Waals surface area contributed by atoms with Gasteiger partial charge in [0.25, 0.3) is 0 Å². The summed E-state index contributed by atoms with van der Waals surface area (Å²) in [4.78, 5) is 0. The van der Waals surface area contributed by atoms with Gasteiger partial charge >= 0.3 is 0 Å². The molecule has 0 saturated heterocycles. The highest BCUT2D eigenvalue weighted by molar-refractivity contribution is 5.66. The van der Waals surface area contributed by atoms with Crippen molar-refractivity contribution in [3.63, 3.8) is 0 Å². The average Bonchev–Trinajstić information content (AvgIpc) is 3.12. The highest BCUT2D eigenvalue weighted by Crippen LogP contribution is 2.49. The lowest BCUT2D eigenvalue weighted by Gasteiger charge is -2.42. The first-order valence-corrected chi connectivity index (χ1v) is 11.0. The van der Waals surface area contributed by atoms with Gasteiger partial charge in [-0.05, 0) is 49.7 Å². The Balaban J connectivity index is 1.81. The van der Waals surface area contributed by atoms with Crippen LogP contribution in [-0.2, 0) is 12.5 Å². The van der Waals surface area contributed by atoms with E-state index >= 15 is 0 Å². The Hall–Kier alpha value is -2.04. The number of hydrogen-bond donors (Lipinski definition) is 0. The maximum absolute atomic E-state index is 5.59. The summed E-state index contributed by atoms with van der Waals surface area (Å²) in [6, 6.07) is 5.84. The molecule has 1 fully saturated rings. The molecule has 0 radical (unpaired) electrons. The van der Waals surface area contributed by atoms with Gasteiger partial charge in [-0.25, -0.2) is 0 Å². The molecule has 1 aliphatic carbocycles. The number of nitrogens with zero attached hydrogens (tertiary/aromatic N) is 3. The van der Waals surface area contributed by atoms with Gasteiger partial charge in [0.2, 0.25) is 0 Å². The molecule has 1 aromatic heterocycles. The van der Waals surface area contributed by atoms with Gasteiger partial charge in [-0.1, -0.05) is 40.0 Å². The molecule has 1 aliphatic rings. The predicted octanol–water partition coefficient (Wildman–Crippen LogP) is 5.92. The molecule has 5 heteroatoms. The summed E-state index contributed by atoms with van der Waals surface area (Å²) in [5.41, 5.74) is 1.50. The highest BCUT2D eigenvalue weighted by atomic mass is 16.5. The van der Waals surface area contributed by atoms with Crippen molar-refractivity contribution in [2.24, 2.45) is 12.5 Å². The average molecular weight is 400 g/mol. The molecular weight excluding hydrogens is 362 g/mol. The van der Waals surface area contributed by atoms with Gasteiger partial charge in [0, 0.05) is 18.5 Å². The Labute approximate surface area is 175 Å². The van der Waals surface area contributed by atoms with Crippen molar-refractivity contribution >= 4 is 0 Å². The van der Waals surface area contributed by atoms with Crippen LogP contribution >= 0.6 is 0 Å². The molecule has 0 amide bonds. The summed E-state index contributed by atoms with van der Waals surface area (Å²) in [6.07, 6.45) is 10.2. The lowest BCUT2D eigenvalue weighted by molar-refractivity contribution is 0.132. The zero-order valence-corrected chi connectivity index (χ0v) is 19.0. The second-order valence-corrected chi connectivity index (χ2v) is 9.30. The molecule has 3 rings (SSSR count). The summed E-state index contributed by atoms with van der Waals surface area (Å²) in [6.45, 7) is 7.12. The van der Waals surface area contributed by atoms with E-state index in [0.717, 1.165) is 28.7 Å². The first kappa shape index (κ1) is 21.7. The third-order valence-corrected chi connectivity index (χ3v) is 7.01. The maximum atomic E-state index is 5.59. The van der Waals surface area contributed by atoms with Gasteiger partial charge < -0.3 is 14.0 Å². The monoisotopic (exact) mass is 399 g/mol. The summed E-state index contributed by atoms with van der Waals surface area (Å²) >= 11 is 0. The van der Waals surface area contributed by atoms with Gasteiger partial charge in [0.15, 0.2) is 5.82 Å². The van der Waals surface area contributed by atoms with E-state index in [4.69, 9.17) is 9.47 Å². The third kappa shape index (κ3) is 4.44. The first-order chi connectivity index (χ1) is 13.9. The predicted molar refractivity (Wildman–Crippen MR) is 118 cm³/mol. The van der Waals surface area contributed by atoms with Crippen molar-refractivity contribution in [1.29, 1.82) is 0 Å².